The van der Waals surface area contributed by atoms with E-state index in [0.717, 1.165) is 25.1 Å². The first kappa shape index (κ1) is 17.0. The summed E-state index contributed by atoms with van der Waals surface area (Å²) in [7, 11) is 0. The number of hydrogen-bond acceptors (Lipinski definition) is 3. The lowest BCUT2D eigenvalue weighted by Crippen LogP contribution is -2.45. The maximum absolute atomic E-state index is 13.5. The molecule has 132 valence electrons. The van der Waals surface area contributed by atoms with Gasteiger partial charge < -0.3 is 15.8 Å². The lowest BCUT2D eigenvalue weighted by Gasteiger charge is -2.32. The van der Waals surface area contributed by atoms with Crippen molar-refractivity contribution in [3.63, 3.8) is 0 Å². The van der Waals surface area contributed by atoms with E-state index < -0.39 is 34.7 Å². The number of nitrogens with one attached hydrogen (secondary N) is 1. The summed E-state index contributed by atoms with van der Waals surface area (Å²) in [4.78, 5) is 11.3. The monoisotopic (exact) mass is 346 g/mol. The smallest absolute Gasteiger partial charge is 0.419 e. The number of halogens is 4. The number of ether oxygens (including phenoxy) is 1. The molecule has 24 heavy (non-hydrogen) atoms. The Morgan fingerprint density at radius 1 is 1.46 bits per heavy atom. The van der Waals surface area contributed by atoms with Crippen molar-refractivity contribution in [3.8, 4) is 0 Å². The molecule has 1 amide bonds. The molecule has 1 aromatic carbocycles. The highest BCUT2D eigenvalue weighted by atomic mass is 19.4. The van der Waals surface area contributed by atoms with Crippen LogP contribution in [0.4, 0.5) is 22.4 Å². The zero-order valence-electron chi connectivity index (χ0n) is 13.0. The lowest BCUT2D eigenvalue weighted by atomic mass is 9.87. The Morgan fingerprint density at radius 2 is 2.12 bits per heavy atom. The number of carbonyl (C=O) groups excluding carboxylic acids is 1. The minimum atomic E-state index is -4.82. The van der Waals surface area contributed by atoms with E-state index in [1.807, 2.05) is 6.92 Å². The van der Waals surface area contributed by atoms with Crippen LogP contribution in [0.3, 0.4) is 0 Å². The van der Waals surface area contributed by atoms with Gasteiger partial charge in [-0.3, -0.25) is 0 Å². The Bertz CT molecular complexity index is 675. The van der Waals surface area contributed by atoms with Gasteiger partial charge in [0.15, 0.2) is 0 Å². The summed E-state index contributed by atoms with van der Waals surface area (Å²) in [5.41, 5.74) is 2.10. The maximum atomic E-state index is 13.5. The Labute approximate surface area is 136 Å². The predicted octanol–water partition coefficient (Wildman–Crippen LogP) is 3.30. The van der Waals surface area contributed by atoms with Gasteiger partial charge in [0.1, 0.15) is 11.4 Å². The largest absolute Gasteiger partial charge is 0.438 e. The second-order valence-electron chi connectivity index (χ2n) is 6.82. The number of rotatable bonds is 4. The van der Waals surface area contributed by atoms with Gasteiger partial charge in [-0.1, -0.05) is 13.0 Å². The first-order valence-electron chi connectivity index (χ1n) is 7.66. The van der Waals surface area contributed by atoms with Crippen LogP contribution in [0.1, 0.15) is 37.3 Å². The van der Waals surface area contributed by atoms with Gasteiger partial charge in [0.2, 0.25) is 0 Å². The normalized spacial score (nSPS) is 32.1. The molecule has 3 N–H and O–H groups in total. The van der Waals surface area contributed by atoms with Crippen molar-refractivity contribution in [2.75, 3.05) is 6.54 Å². The fourth-order valence-electron chi connectivity index (χ4n) is 3.64. The van der Waals surface area contributed by atoms with E-state index in [2.05, 4.69) is 5.32 Å². The molecule has 2 fully saturated rings. The molecule has 1 saturated heterocycles. The molecule has 2 unspecified atom stereocenters. The van der Waals surface area contributed by atoms with Crippen LogP contribution in [-0.2, 0) is 16.5 Å². The standard InChI is InChI=1S/C16H18F4N2O2/c1-14(7-10-4-5-22-10)8-15(14,24-13(21)23)9-2-3-12(17)11(6-9)16(18,19)20/h2-3,6,10,22H,4-5,7-8H2,1H3,(H2,21,23)/t10?,14?,15-/m1/s1. The molecule has 0 bridgehead atoms. The molecule has 1 aliphatic carbocycles. The Hall–Kier alpha value is -1.83. The molecule has 0 spiro atoms. The highest BCUT2D eigenvalue weighted by Crippen LogP contribution is 2.68. The van der Waals surface area contributed by atoms with Gasteiger partial charge >= 0.3 is 12.3 Å². The molecule has 8 heteroatoms. The maximum Gasteiger partial charge on any atom is 0.419 e. The Morgan fingerprint density at radius 3 is 2.62 bits per heavy atom. The highest BCUT2D eigenvalue weighted by Gasteiger charge is 2.69. The quantitative estimate of drug-likeness (QED) is 0.822. The molecular weight excluding hydrogens is 328 g/mol. The van der Waals surface area contributed by atoms with Gasteiger partial charge in [-0.15, -0.1) is 0 Å². The molecule has 2 aliphatic rings. The van der Waals surface area contributed by atoms with Crippen molar-refractivity contribution in [1.29, 1.82) is 0 Å². The molecule has 3 rings (SSSR count). The average Bonchev–Trinajstić information content (AvgIpc) is 2.98. The van der Waals surface area contributed by atoms with Crippen molar-refractivity contribution >= 4 is 6.09 Å². The van der Waals surface area contributed by atoms with Gasteiger partial charge in [0.25, 0.3) is 0 Å². The van der Waals surface area contributed by atoms with Crippen molar-refractivity contribution < 1.29 is 27.1 Å². The summed E-state index contributed by atoms with van der Waals surface area (Å²) in [5, 5.41) is 3.22. The molecule has 3 atom stereocenters. The van der Waals surface area contributed by atoms with E-state index in [-0.39, 0.29) is 11.6 Å². The van der Waals surface area contributed by atoms with Gasteiger partial charge in [-0.05, 0) is 37.1 Å². The zero-order valence-corrected chi connectivity index (χ0v) is 13.0. The van der Waals surface area contributed by atoms with Gasteiger partial charge in [0.05, 0.1) is 5.56 Å². The van der Waals surface area contributed by atoms with Crippen molar-refractivity contribution in [2.45, 2.75) is 44.0 Å². The number of amides is 1. The van der Waals surface area contributed by atoms with Crippen LogP contribution in [-0.4, -0.2) is 18.7 Å². The van der Waals surface area contributed by atoms with Crippen molar-refractivity contribution in [2.24, 2.45) is 11.1 Å². The van der Waals surface area contributed by atoms with Crippen LogP contribution in [0.25, 0.3) is 0 Å². The van der Waals surface area contributed by atoms with E-state index in [0.29, 0.717) is 12.8 Å². The van der Waals surface area contributed by atoms with Crippen LogP contribution in [0, 0.1) is 11.2 Å². The molecule has 1 aliphatic heterocycles. The van der Waals surface area contributed by atoms with E-state index in [4.69, 9.17) is 10.5 Å². The SMILES string of the molecule is CC1(CC2CCN2)C[C@@]1(OC(N)=O)c1ccc(F)c(C(F)(F)F)c1. The Balaban J connectivity index is 1.97. The third kappa shape index (κ3) is 2.72. The van der Waals surface area contributed by atoms with Crippen LogP contribution in [0.2, 0.25) is 0 Å². The number of carbonyl (C=O) groups is 1. The molecule has 4 nitrogen and oxygen atoms in total. The van der Waals surface area contributed by atoms with Gasteiger partial charge in [-0.2, -0.15) is 13.2 Å². The number of primary amides is 1. The summed E-state index contributed by atoms with van der Waals surface area (Å²) in [6.07, 6.45) is -3.93. The molecule has 0 radical (unpaired) electrons. The number of alkyl halides is 3. The fraction of sp³-hybridized carbons (Fsp3) is 0.562. The average molecular weight is 346 g/mol. The van der Waals surface area contributed by atoms with Crippen LogP contribution in [0.15, 0.2) is 18.2 Å². The number of benzene rings is 1. The predicted molar refractivity (Wildman–Crippen MR) is 77.5 cm³/mol. The van der Waals surface area contributed by atoms with E-state index in [1.165, 1.54) is 6.07 Å². The number of nitrogens with two attached hydrogens (primary N) is 1. The summed E-state index contributed by atoms with van der Waals surface area (Å²) in [5.74, 6) is -1.36. The Kier molecular flexibility index (Phi) is 3.78. The minimum Gasteiger partial charge on any atom is -0.438 e. The summed E-state index contributed by atoms with van der Waals surface area (Å²) < 4.78 is 57.7. The molecule has 1 heterocycles. The van der Waals surface area contributed by atoms with Gasteiger partial charge in [0, 0.05) is 17.9 Å². The second kappa shape index (κ2) is 5.34. The third-order valence-corrected chi connectivity index (χ3v) is 5.12. The van der Waals surface area contributed by atoms with Crippen molar-refractivity contribution in [3.05, 3.63) is 35.1 Å². The molecule has 1 aromatic rings. The highest BCUT2D eigenvalue weighted by molar-refractivity contribution is 5.66. The van der Waals surface area contributed by atoms with Crippen molar-refractivity contribution in [1.82, 2.24) is 5.32 Å². The first-order chi connectivity index (χ1) is 11.1. The minimum absolute atomic E-state index is 0.122. The second-order valence-corrected chi connectivity index (χ2v) is 6.82. The van der Waals surface area contributed by atoms with E-state index in [9.17, 15) is 22.4 Å². The van der Waals surface area contributed by atoms with Crippen LogP contribution < -0.4 is 11.1 Å². The summed E-state index contributed by atoms with van der Waals surface area (Å²) in [6.45, 7) is 2.73. The fourth-order valence-corrected chi connectivity index (χ4v) is 3.64. The van der Waals surface area contributed by atoms with Crippen LogP contribution >= 0.6 is 0 Å². The van der Waals surface area contributed by atoms with E-state index in [1.54, 1.807) is 0 Å². The lowest BCUT2D eigenvalue weighted by molar-refractivity contribution is -0.140. The number of hydrogen-bond donors (Lipinski definition) is 2. The van der Waals surface area contributed by atoms with Gasteiger partial charge in [-0.25, -0.2) is 9.18 Å². The molecule has 1 saturated carbocycles. The third-order valence-electron chi connectivity index (χ3n) is 5.12. The molecular formula is C16H18F4N2O2. The van der Waals surface area contributed by atoms with E-state index >= 15 is 0 Å². The summed E-state index contributed by atoms with van der Waals surface area (Å²) >= 11 is 0. The zero-order chi connectivity index (χ0) is 17.8. The topological polar surface area (TPSA) is 64.3 Å². The molecule has 0 aromatic heterocycles. The summed E-state index contributed by atoms with van der Waals surface area (Å²) in [6, 6.07) is 2.94. The first-order valence-corrected chi connectivity index (χ1v) is 7.66. The van der Waals surface area contributed by atoms with Crippen LogP contribution in [0.5, 0.6) is 0 Å².